The van der Waals surface area contributed by atoms with E-state index in [1.54, 1.807) is 41.5 Å². The fourth-order valence-electron chi connectivity index (χ4n) is 2.73. The molecule has 29 heavy (non-hydrogen) atoms. The SMILES string of the molecule is C=[N+](C(=O)OC(C)(C)C)[C@H]1CN(C(=O)CCC(=O)O)C[C@@H]1NC(=O)OC(C)(C)C. The maximum absolute atomic E-state index is 12.4. The number of amides is 3. The molecule has 164 valence electrons. The molecule has 1 aliphatic rings. The topological polar surface area (TPSA) is 125 Å². The summed E-state index contributed by atoms with van der Waals surface area (Å²) in [4.78, 5) is 49.1. The zero-order valence-electron chi connectivity index (χ0n) is 18.0. The fraction of sp³-hybridized carbons (Fsp3) is 0.737. The number of carboxylic acids is 1. The minimum absolute atomic E-state index is 0.0850. The second kappa shape index (κ2) is 9.23. The Balaban J connectivity index is 2.95. The number of rotatable bonds is 5. The molecule has 2 N–H and O–H groups in total. The number of carbonyl (C=O) groups excluding carboxylic acids is 3. The van der Waals surface area contributed by atoms with Gasteiger partial charge in [0.2, 0.25) is 11.9 Å². The Kier molecular flexibility index (Phi) is 7.76. The van der Waals surface area contributed by atoms with Gasteiger partial charge in [-0.15, -0.1) is 4.58 Å². The number of hydrogen-bond acceptors (Lipinski definition) is 6. The van der Waals surface area contributed by atoms with Crippen LogP contribution in [-0.4, -0.2) is 81.7 Å². The van der Waals surface area contributed by atoms with Gasteiger partial charge in [-0.1, -0.05) is 0 Å². The third-order valence-corrected chi connectivity index (χ3v) is 3.92. The van der Waals surface area contributed by atoms with Gasteiger partial charge in [0.05, 0.1) is 13.0 Å². The number of ether oxygens (including phenoxy) is 2. The first-order valence-electron chi connectivity index (χ1n) is 9.41. The summed E-state index contributed by atoms with van der Waals surface area (Å²) in [6.45, 7) is 14.2. The highest BCUT2D eigenvalue weighted by molar-refractivity contribution is 5.81. The fourth-order valence-corrected chi connectivity index (χ4v) is 2.73. The molecular formula is C19H32N3O7+. The van der Waals surface area contributed by atoms with Gasteiger partial charge >= 0.3 is 18.2 Å². The Labute approximate surface area is 170 Å². The van der Waals surface area contributed by atoms with Crippen molar-refractivity contribution in [2.45, 2.75) is 77.7 Å². The predicted molar refractivity (Wildman–Crippen MR) is 104 cm³/mol. The van der Waals surface area contributed by atoms with Crippen LogP contribution in [0.2, 0.25) is 0 Å². The molecule has 0 aromatic rings. The number of carboxylic acid groups (broad SMARTS) is 1. The van der Waals surface area contributed by atoms with Crippen molar-refractivity contribution < 1.29 is 38.3 Å². The summed E-state index contributed by atoms with van der Waals surface area (Å²) in [7, 11) is 0. The lowest BCUT2D eigenvalue weighted by atomic mass is 10.1. The minimum Gasteiger partial charge on any atom is -0.481 e. The Morgan fingerprint density at radius 2 is 1.59 bits per heavy atom. The Morgan fingerprint density at radius 1 is 1.03 bits per heavy atom. The Morgan fingerprint density at radius 3 is 2.07 bits per heavy atom. The monoisotopic (exact) mass is 414 g/mol. The number of alkyl carbamates (subject to hydrolysis) is 1. The second-order valence-corrected chi connectivity index (χ2v) is 8.96. The molecule has 1 rings (SSSR count). The van der Waals surface area contributed by atoms with Crippen molar-refractivity contribution in [1.29, 1.82) is 0 Å². The van der Waals surface area contributed by atoms with Crippen LogP contribution in [0.4, 0.5) is 9.59 Å². The van der Waals surface area contributed by atoms with Gasteiger partial charge in [0.15, 0.2) is 0 Å². The van der Waals surface area contributed by atoms with Gasteiger partial charge in [0.1, 0.15) is 24.0 Å². The van der Waals surface area contributed by atoms with Crippen molar-refractivity contribution in [3.05, 3.63) is 0 Å². The highest BCUT2D eigenvalue weighted by Crippen LogP contribution is 2.18. The first kappa shape index (κ1) is 24.4. The molecule has 0 aromatic carbocycles. The van der Waals surface area contributed by atoms with Gasteiger partial charge < -0.3 is 24.8 Å². The number of aliphatic carboxylic acids is 1. The molecule has 0 saturated carbocycles. The third-order valence-electron chi connectivity index (χ3n) is 3.92. The molecular weight excluding hydrogens is 382 g/mol. The van der Waals surface area contributed by atoms with Crippen LogP contribution in [0.25, 0.3) is 0 Å². The second-order valence-electron chi connectivity index (χ2n) is 8.96. The zero-order valence-corrected chi connectivity index (χ0v) is 18.0. The lowest BCUT2D eigenvalue weighted by molar-refractivity contribution is -0.482. The summed E-state index contributed by atoms with van der Waals surface area (Å²) in [5, 5.41) is 11.5. The van der Waals surface area contributed by atoms with E-state index in [9.17, 15) is 19.2 Å². The summed E-state index contributed by atoms with van der Waals surface area (Å²) in [5.74, 6) is -1.46. The van der Waals surface area contributed by atoms with E-state index in [0.29, 0.717) is 0 Å². The van der Waals surface area contributed by atoms with Crippen LogP contribution >= 0.6 is 0 Å². The molecule has 2 atom stereocenters. The minimum atomic E-state index is -1.08. The molecule has 0 radical (unpaired) electrons. The average Bonchev–Trinajstić information content (AvgIpc) is 2.91. The lowest BCUT2D eigenvalue weighted by Gasteiger charge is -2.23. The average molecular weight is 414 g/mol. The van der Waals surface area contributed by atoms with E-state index in [4.69, 9.17) is 14.6 Å². The maximum Gasteiger partial charge on any atom is 0.596 e. The van der Waals surface area contributed by atoms with Crippen molar-refractivity contribution in [1.82, 2.24) is 10.2 Å². The standard InChI is InChI=1S/C19H31N3O7/c1-18(2,3)28-16(26)20-12-10-22(14(23)8-9-15(24)25)11-13(12)21(7)17(27)29-19(4,5)6/h12-13H,7-11H2,1-6H3,(H-,20,24,25,26)/p+1/t12-,13-/m0/s1. The normalized spacial score (nSPS) is 19.4. The summed E-state index contributed by atoms with van der Waals surface area (Å²) < 4.78 is 11.7. The van der Waals surface area contributed by atoms with Crippen molar-refractivity contribution in [2.24, 2.45) is 0 Å². The number of hydrogen-bond donors (Lipinski definition) is 2. The van der Waals surface area contributed by atoms with Gasteiger partial charge in [0.25, 0.3) is 0 Å². The molecule has 3 amide bonds. The molecule has 0 bridgehead atoms. The number of nitrogens with zero attached hydrogens (tertiary/aromatic N) is 2. The molecule has 0 aliphatic carbocycles. The molecule has 10 nitrogen and oxygen atoms in total. The van der Waals surface area contributed by atoms with E-state index in [-0.39, 0.29) is 31.8 Å². The molecule has 1 heterocycles. The van der Waals surface area contributed by atoms with Crippen molar-refractivity contribution in [2.75, 3.05) is 13.1 Å². The van der Waals surface area contributed by atoms with Crippen LogP contribution in [0.3, 0.4) is 0 Å². The van der Waals surface area contributed by atoms with Crippen LogP contribution in [0, 0.1) is 0 Å². The summed E-state index contributed by atoms with van der Waals surface area (Å²) >= 11 is 0. The van der Waals surface area contributed by atoms with Gasteiger partial charge in [-0.2, -0.15) is 4.79 Å². The number of nitrogens with one attached hydrogen (secondary N) is 1. The van der Waals surface area contributed by atoms with Gasteiger partial charge in [-0.25, -0.2) is 4.79 Å². The van der Waals surface area contributed by atoms with E-state index in [1.807, 2.05) is 0 Å². The van der Waals surface area contributed by atoms with E-state index in [0.717, 1.165) is 4.58 Å². The number of carbonyl (C=O) groups is 4. The molecule has 1 aliphatic heterocycles. The summed E-state index contributed by atoms with van der Waals surface area (Å²) in [5.41, 5.74) is -1.46. The van der Waals surface area contributed by atoms with E-state index in [1.165, 1.54) is 4.90 Å². The van der Waals surface area contributed by atoms with Crippen LogP contribution in [0.5, 0.6) is 0 Å². The van der Waals surface area contributed by atoms with Crippen molar-refractivity contribution >= 4 is 30.8 Å². The Bertz CT molecular complexity index is 676. The van der Waals surface area contributed by atoms with E-state index in [2.05, 4.69) is 12.0 Å². The first-order chi connectivity index (χ1) is 13.1. The van der Waals surface area contributed by atoms with Crippen molar-refractivity contribution in [3.63, 3.8) is 0 Å². The van der Waals surface area contributed by atoms with Crippen LogP contribution in [0.1, 0.15) is 54.4 Å². The van der Waals surface area contributed by atoms with Crippen LogP contribution in [0.15, 0.2) is 0 Å². The highest BCUT2D eigenvalue weighted by atomic mass is 16.6. The predicted octanol–water partition coefficient (Wildman–Crippen LogP) is 1.60. The quantitative estimate of drug-likeness (QED) is 0.517. The molecule has 0 spiro atoms. The summed E-state index contributed by atoms with van der Waals surface area (Å²) in [6.07, 6.45) is -1.86. The van der Waals surface area contributed by atoms with Gasteiger partial charge in [-0.3, -0.25) is 9.59 Å². The molecule has 10 heteroatoms. The first-order valence-corrected chi connectivity index (χ1v) is 9.41. The van der Waals surface area contributed by atoms with E-state index < -0.39 is 41.4 Å². The number of likely N-dealkylation sites (tertiary alicyclic amines) is 1. The maximum atomic E-state index is 12.4. The molecule has 0 unspecified atom stereocenters. The smallest absolute Gasteiger partial charge is 0.481 e. The largest absolute Gasteiger partial charge is 0.596 e. The summed E-state index contributed by atoms with van der Waals surface area (Å²) in [6, 6.07) is -1.31. The lowest BCUT2D eigenvalue weighted by Crippen LogP contribution is -2.50. The Hall–Kier alpha value is -2.65. The third kappa shape index (κ3) is 8.49. The van der Waals surface area contributed by atoms with Gasteiger partial charge in [0, 0.05) is 13.0 Å². The van der Waals surface area contributed by atoms with Crippen molar-refractivity contribution in [3.8, 4) is 0 Å². The van der Waals surface area contributed by atoms with Gasteiger partial charge in [-0.05, 0) is 41.5 Å². The highest BCUT2D eigenvalue weighted by Gasteiger charge is 2.46. The molecule has 1 saturated heterocycles. The molecule has 0 aromatic heterocycles. The zero-order chi connectivity index (χ0) is 22.6. The van der Waals surface area contributed by atoms with Crippen LogP contribution < -0.4 is 5.32 Å². The van der Waals surface area contributed by atoms with E-state index >= 15 is 0 Å². The molecule has 1 fully saturated rings. The van der Waals surface area contributed by atoms with Crippen LogP contribution in [-0.2, 0) is 19.1 Å².